The molecule has 2 aliphatic carbocycles. The lowest BCUT2D eigenvalue weighted by molar-refractivity contribution is -0.143. The van der Waals surface area contributed by atoms with Gasteiger partial charge in [-0.15, -0.1) is 0 Å². The number of carbonyl (C=O) groups is 4. The summed E-state index contributed by atoms with van der Waals surface area (Å²) in [7, 11) is 0. The number of imide groups is 2. The van der Waals surface area contributed by atoms with E-state index in [0.29, 0.717) is 44.5 Å². The highest BCUT2D eigenvalue weighted by Crippen LogP contribution is 2.65. The number of halogens is 7. The van der Waals surface area contributed by atoms with E-state index in [0.717, 1.165) is 4.90 Å². The molecule has 1 N–H and O–H groups in total. The van der Waals surface area contributed by atoms with Crippen LogP contribution in [0.2, 0.25) is 5.02 Å². The van der Waals surface area contributed by atoms with Gasteiger partial charge < -0.3 is 5.11 Å². The fraction of sp³-hybridized carbons (Fsp3) is 0.227. The van der Waals surface area contributed by atoms with Crippen molar-refractivity contribution in [1.82, 2.24) is 0 Å². The molecule has 14 heteroatoms. The number of carbonyl (C=O) groups excluding carboxylic acids is 4. The first-order valence-corrected chi connectivity index (χ1v) is 18.7. The summed E-state index contributed by atoms with van der Waals surface area (Å²) in [5, 5.41) is 12.2. The maximum absolute atomic E-state index is 15.5. The molecule has 7 nitrogen and oxygen atoms in total. The number of aromatic hydroxyl groups is 1. The van der Waals surface area contributed by atoms with Crippen molar-refractivity contribution in [3.63, 3.8) is 0 Å². The molecule has 0 radical (unpaired) electrons. The van der Waals surface area contributed by atoms with Crippen LogP contribution in [-0.4, -0.2) is 28.7 Å². The van der Waals surface area contributed by atoms with Crippen molar-refractivity contribution in [2.24, 2.45) is 23.7 Å². The van der Waals surface area contributed by atoms with E-state index < -0.39 is 87.8 Å². The van der Waals surface area contributed by atoms with E-state index in [9.17, 15) is 41.0 Å². The molecule has 2 saturated heterocycles. The summed E-state index contributed by atoms with van der Waals surface area (Å²) in [5.41, 5.74) is -4.22. The highest BCUT2D eigenvalue weighted by molar-refractivity contribution is 6.32. The molecule has 9 rings (SSSR count). The largest absolute Gasteiger partial charge is 0.507 e. The minimum absolute atomic E-state index is 0.0596. The van der Waals surface area contributed by atoms with E-state index in [4.69, 9.17) is 11.6 Å². The minimum Gasteiger partial charge on any atom is -0.507 e. The Hall–Kier alpha value is -5.95. The molecule has 0 unspecified atom stereocenters. The van der Waals surface area contributed by atoms with E-state index in [-0.39, 0.29) is 35.4 Å². The van der Waals surface area contributed by atoms with E-state index >= 15 is 9.59 Å². The smallest absolute Gasteiger partial charge is 0.416 e. The lowest BCUT2D eigenvalue weighted by atomic mass is 9.49. The zero-order valence-corrected chi connectivity index (χ0v) is 30.6. The van der Waals surface area contributed by atoms with Crippen molar-refractivity contribution in [2.45, 2.75) is 36.5 Å². The van der Waals surface area contributed by atoms with Crippen LogP contribution in [0.3, 0.4) is 0 Å². The van der Waals surface area contributed by atoms with Gasteiger partial charge in [0, 0.05) is 16.3 Å². The summed E-state index contributed by atoms with van der Waals surface area (Å²) in [4.78, 5) is 60.8. The van der Waals surface area contributed by atoms with Gasteiger partial charge in [0.05, 0.1) is 45.7 Å². The normalized spacial score (nSPS) is 25.8. The molecule has 2 heterocycles. The van der Waals surface area contributed by atoms with Gasteiger partial charge in [0.15, 0.2) is 0 Å². The topological polar surface area (TPSA) is 95.0 Å². The molecule has 4 amide bonds. The standard InChI is InChI=1S/C44H29ClF6N2O5/c45-25-9-6-10-26(20-25)53-39(56)34-21-33-31(13-14-32-36(33)40(57)52(38(32)55)27-18-23(43(46,47)48)17-24(19-27)44(49,50)51)37(42(34,41(53)58)22-7-2-1-3-8-22)30-15-16-35(54)29-12-5-4-11-28(29)30/h1-13,15-20,32-34,36-37,54H,14,21H2/t32-,33+,34-,36-,37-,42+/m0/s1. The number of amides is 4. The zero-order chi connectivity index (χ0) is 41.1. The monoisotopic (exact) mass is 814 g/mol. The predicted molar refractivity (Wildman–Crippen MR) is 201 cm³/mol. The average Bonchev–Trinajstić information content (AvgIpc) is 3.58. The first kappa shape index (κ1) is 37.6. The fourth-order valence-corrected chi connectivity index (χ4v) is 10.2. The Balaban J connectivity index is 1.27. The van der Waals surface area contributed by atoms with Crippen molar-refractivity contribution in [1.29, 1.82) is 0 Å². The number of phenolic OH excluding ortho intramolecular Hbond substituents is 1. The first-order chi connectivity index (χ1) is 27.5. The van der Waals surface area contributed by atoms with Crippen LogP contribution in [-0.2, 0) is 36.9 Å². The third-order valence-electron chi connectivity index (χ3n) is 12.2. The number of anilines is 2. The molecule has 0 spiro atoms. The summed E-state index contributed by atoms with van der Waals surface area (Å²) in [5.74, 6) is -8.93. The molecule has 0 aromatic heterocycles. The van der Waals surface area contributed by atoms with Gasteiger partial charge in [-0.1, -0.05) is 90.0 Å². The first-order valence-electron chi connectivity index (χ1n) is 18.3. The highest BCUT2D eigenvalue weighted by atomic mass is 35.5. The summed E-state index contributed by atoms with van der Waals surface area (Å²) in [6, 6.07) is 25.5. The molecule has 4 aliphatic rings. The second-order valence-corrected chi connectivity index (χ2v) is 15.5. The Morgan fingerprint density at radius 1 is 0.655 bits per heavy atom. The molecular formula is C44H29ClF6N2O5. The summed E-state index contributed by atoms with van der Waals surface area (Å²) < 4.78 is 83.8. The van der Waals surface area contributed by atoms with Gasteiger partial charge in [0.1, 0.15) is 5.75 Å². The average molecular weight is 815 g/mol. The molecule has 0 bridgehead atoms. The maximum Gasteiger partial charge on any atom is 0.416 e. The number of fused-ring (bicyclic) bond motifs is 5. The van der Waals surface area contributed by atoms with E-state index in [1.165, 1.54) is 12.1 Å². The van der Waals surface area contributed by atoms with Gasteiger partial charge in [-0.25, -0.2) is 9.80 Å². The number of hydrogen-bond donors (Lipinski definition) is 1. The zero-order valence-electron chi connectivity index (χ0n) is 29.9. The molecule has 1 saturated carbocycles. The Morgan fingerprint density at radius 2 is 1.31 bits per heavy atom. The van der Waals surface area contributed by atoms with Crippen molar-refractivity contribution in [2.75, 3.05) is 9.80 Å². The molecule has 6 atom stereocenters. The van der Waals surface area contributed by atoms with Crippen LogP contribution >= 0.6 is 11.6 Å². The molecule has 5 aromatic carbocycles. The number of rotatable bonds is 4. The summed E-state index contributed by atoms with van der Waals surface area (Å²) in [6.45, 7) is 0. The van der Waals surface area contributed by atoms with Crippen LogP contribution in [0.4, 0.5) is 37.7 Å². The lowest BCUT2D eigenvalue weighted by Crippen LogP contribution is -2.53. The number of nitrogens with zero attached hydrogens (tertiary/aromatic N) is 2. The van der Waals surface area contributed by atoms with Gasteiger partial charge in [0.2, 0.25) is 23.6 Å². The van der Waals surface area contributed by atoms with Crippen LogP contribution in [0.25, 0.3) is 10.8 Å². The van der Waals surface area contributed by atoms with Crippen LogP contribution in [0.15, 0.2) is 121 Å². The Morgan fingerprint density at radius 3 is 1.97 bits per heavy atom. The van der Waals surface area contributed by atoms with Crippen molar-refractivity contribution >= 4 is 57.4 Å². The number of allylic oxidation sites excluding steroid dienone is 2. The van der Waals surface area contributed by atoms with E-state index in [1.807, 2.05) is 0 Å². The molecule has 294 valence electrons. The number of phenols is 1. The number of benzene rings is 5. The van der Waals surface area contributed by atoms with Crippen LogP contribution in [0, 0.1) is 23.7 Å². The minimum atomic E-state index is -5.24. The SMILES string of the molecule is O=C1[C@H]2[C@H](CC=C3[C@H]2C[C@H]2C(=O)N(c4cccc(Cl)c4)C(=O)[C@@]2(c2ccccc2)[C@H]3c2ccc(O)c3ccccc23)C(=O)N1c1cc(C(F)(F)F)cc(C(F)(F)F)c1. The van der Waals surface area contributed by atoms with Gasteiger partial charge in [-0.05, 0) is 77.7 Å². The fourth-order valence-electron chi connectivity index (χ4n) is 9.97. The summed E-state index contributed by atoms with van der Waals surface area (Å²) in [6.07, 6.45) is -9.06. The molecule has 3 fully saturated rings. The van der Waals surface area contributed by atoms with Crippen molar-refractivity contribution in [3.8, 4) is 5.75 Å². The third-order valence-corrected chi connectivity index (χ3v) is 12.5. The van der Waals surface area contributed by atoms with Crippen LogP contribution in [0.1, 0.15) is 41.0 Å². The van der Waals surface area contributed by atoms with E-state index in [1.54, 1.807) is 84.9 Å². The Labute approximate surface area is 331 Å². The predicted octanol–water partition coefficient (Wildman–Crippen LogP) is 9.60. The van der Waals surface area contributed by atoms with Gasteiger partial charge in [-0.3, -0.25) is 19.2 Å². The van der Waals surface area contributed by atoms with Crippen LogP contribution < -0.4 is 9.80 Å². The molecule has 5 aromatic rings. The second-order valence-electron chi connectivity index (χ2n) is 15.1. The van der Waals surface area contributed by atoms with Crippen molar-refractivity contribution < 1.29 is 50.6 Å². The molecule has 58 heavy (non-hydrogen) atoms. The number of hydrogen-bond acceptors (Lipinski definition) is 5. The lowest BCUT2D eigenvalue weighted by Gasteiger charge is -2.51. The van der Waals surface area contributed by atoms with Gasteiger partial charge in [-0.2, -0.15) is 26.3 Å². The Bertz CT molecular complexity index is 2590. The summed E-state index contributed by atoms with van der Waals surface area (Å²) >= 11 is 6.37. The Kier molecular flexibility index (Phi) is 8.45. The number of alkyl halides is 6. The highest BCUT2D eigenvalue weighted by Gasteiger charge is 2.70. The van der Waals surface area contributed by atoms with Crippen molar-refractivity contribution in [3.05, 3.63) is 148 Å². The maximum atomic E-state index is 15.5. The molecule has 2 aliphatic heterocycles. The quantitative estimate of drug-likeness (QED) is 0.111. The van der Waals surface area contributed by atoms with Gasteiger partial charge >= 0.3 is 12.4 Å². The van der Waals surface area contributed by atoms with Gasteiger partial charge in [0.25, 0.3) is 0 Å². The second kappa shape index (κ2) is 13.0. The van der Waals surface area contributed by atoms with Crippen LogP contribution in [0.5, 0.6) is 5.75 Å². The third kappa shape index (κ3) is 5.42. The molecular weight excluding hydrogens is 786 g/mol. The van der Waals surface area contributed by atoms with E-state index in [2.05, 4.69) is 0 Å².